The number of ether oxygens (including phenoxy) is 4. The van der Waals surface area contributed by atoms with Crippen LogP contribution in [-0.4, -0.2) is 64.8 Å². The molecule has 194 valence electrons. The molecule has 0 aliphatic heterocycles. The lowest BCUT2D eigenvalue weighted by Gasteiger charge is -2.29. The lowest BCUT2D eigenvalue weighted by atomic mass is 9.82. The molecule has 0 saturated heterocycles. The molecule has 2 aliphatic carbocycles. The summed E-state index contributed by atoms with van der Waals surface area (Å²) in [6.45, 7) is 14.4. The summed E-state index contributed by atoms with van der Waals surface area (Å²) < 4.78 is 23.0. The number of hydrogen-bond acceptors (Lipinski definition) is 5. The van der Waals surface area contributed by atoms with Gasteiger partial charge >= 0.3 is 0 Å². The number of rotatable bonds is 16. The first kappa shape index (κ1) is 28.5. The van der Waals surface area contributed by atoms with Crippen LogP contribution in [-0.2, 0) is 23.7 Å². The minimum atomic E-state index is 0.163. The van der Waals surface area contributed by atoms with Crippen molar-refractivity contribution in [2.45, 2.75) is 85.2 Å². The zero-order chi connectivity index (χ0) is 23.9. The van der Waals surface area contributed by atoms with E-state index in [0.717, 1.165) is 52.1 Å². The average molecular weight is 470 g/mol. The summed E-state index contributed by atoms with van der Waals surface area (Å²) in [7, 11) is 0. The Morgan fingerprint density at radius 2 is 1.42 bits per heavy atom. The third kappa shape index (κ3) is 13.1. The van der Waals surface area contributed by atoms with Crippen LogP contribution in [0.4, 0.5) is 0 Å². The summed E-state index contributed by atoms with van der Waals surface area (Å²) in [5.74, 6) is 2.82. The van der Waals surface area contributed by atoms with Crippen LogP contribution in [0.15, 0.2) is 0 Å². The molecule has 6 nitrogen and oxygen atoms in total. The van der Waals surface area contributed by atoms with Crippen molar-refractivity contribution in [3.8, 4) is 0 Å². The highest BCUT2D eigenvalue weighted by Crippen LogP contribution is 2.30. The van der Waals surface area contributed by atoms with Crippen molar-refractivity contribution in [3.05, 3.63) is 0 Å². The van der Waals surface area contributed by atoms with E-state index < -0.39 is 0 Å². The predicted molar refractivity (Wildman–Crippen MR) is 132 cm³/mol. The van der Waals surface area contributed by atoms with Crippen LogP contribution in [0.2, 0.25) is 0 Å². The summed E-state index contributed by atoms with van der Waals surface area (Å²) in [5.41, 5.74) is 0. The molecular weight excluding hydrogens is 418 g/mol. The molecule has 1 amide bonds. The lowest BCUT2D eigenvalue weighted by molar-refractivity contribution is -0.126. The predicted octanol–water partition coefficient (Wildman–Crippen LogP) is 4.85. The molecule has 1 N–H and O–H groups in total. The van der Waals surface area contributed by atoms with Crippen LogP contribution in [0.25, 0.3) is 0 Å². The second-order valence-electron chi connectivity index (χ2n) is 10.9. The first-order valence-electron chi connectivity index (χ1n) is 13.6. The standard InChI is InChI=1S/C27H51NO5/c1-21(2)17-32-18-23-8-10-26(11-9-23)27(29)28-12-13-30-19-24-6-5-7-25(16-24)20-31-14-15-33-22(3)4/h21-26H,5-20H2,1-4H3,(H,28,29). The minimum Gasteiger partial charge on any atom is -0.381 e. The van der Waals surface area contributed by atoms with Crippen LogP contribution in [0.3, 0.4) is 0 Å². The third-order valence-electron chi connectivity index (χ3n) is 6.85. The molecule has 0 heterocycles. The van der Waals surface area contributed by atoms with Gasteiger partial charge in [0.15, 0.2) is 0 Å². The number of hydrogen-bond donors (Lipinski definition) is 1. The van der Waals surface area contributed by atoms with Crippen molar-refractivity contribution < 1.29 is 23.7 Å². The fraction of sp³-hybridized carbons (Fsp3) is 0.963. The molecule has 0 aromatic rings. The maximum Gasteiger partial charge on any atom is 0.223 e. The summed E-state index contributed by atoms with van der Waals surface area (Å²) in [5, 5.41) is 3.09. The van der Waals surface area contributed by atoms with Crippen LogP contribution < -0.4 is 5.32 Å². The molecule has 0 aromatic carbocycles. The highest BCUT2D eigenvalue weighted by atomic mass is 16.5. The molecule has 0 radical (unpaired) electrons. The molecule has 2 rings (SSSR count). The van der Waals surface area contributed by atoms with E-state index in [1.165, 1.54) is 25.7 Å². The average Bonchev–Trinajstić information content (AvgIpc) is 2.79. The number of amides is 1. The molecule has 0 spiro atoms. The van der Waals surface area contributed by atoms with Gasteiger partial charge in [0.1, 0.15) is 0 Å². The Kier molecular flexibility index (Phi) is 14.6. The van der Waals surface area contributed by atoms with Crippen LogP contribution in [0.1, 0.15) is 79.1 Å². The first-order chi connectivity index (χ1) is 15.9. The second-order valence-corrected chi connectivity index (χ2v) is 10.9. The van der Waals surface area contributed by atoms with E-state index in [9.17, 15) is 4.79 Å². The smallest absolute Gasteiger partial charge is 0.223 e. The fourth-order valence-corrected chi connectivity index (χ4v) is 5.00. The topological polar surface area (TPSA) is 66.0 Å². The molecular formula is C27H51NO5. The molecule has 2 unspecified atom stereocenters. The largest absolute Gasteiger partial charge is 0.381 e. The van der Waals surface area contributed by atoms with Gasteiger partial charge in [0.25, 0.3) is 0 Å². The Morgan fingerprint density at radius 3 is 2.06 bits per heavy atom. The van der Waals surface area contributed by atoms with Crippen molar-refractivity contribution in [1.82, 2.24) is 5.32 Å². The van der Waals surface area contributed by atoms with E-state index in [1.54, 1.807) is 0 Å². The fourth-order valence-electron chi connectivity index (χ4n) is 5.00. The summed E-state index contributed by atoms with van der Waals surface area (Å²) in [6.07, 6.45) is 9.37. The third-order valence-corrected chi connectivity index (χ3v) is 6.85. The number of carbonyl (C=O) groups excluding carboxylic acids is 1. The van der Waals surface area contributed by atoms with Gasteiger partial charge in [-0.3, -0.25) is 4.79 Å². The van der Waals surface area contributed by atoms with E-state index in [2.05, 4.69) is 19.2 Å². The monoisotopic (exact) mass is 469 g/mol. The van der Waals surface area contributed by atoms with E-state index in [1.807, 2.05) is 13.8 Å². The molecule has 33 heavy (non-hydrogen) atoms. The lowest BCUT2D eigenvalue weighted by Crippen LogP contribution is -2.36. The molecule has 0 aromatic heterocycles. The minimum absolute atomic E-state index is 0.163. The van der Waals surface area contributed by atoms with Gasteiger partial charge in [-0.15, -0.1) is 0 Å². The summed E-state index contributed by atoms with van der Waals surface area (Å²) in [6, 6.07) is 0. The zero-order valence-electron chi connectivity index (χ0n) is 21.8. The van der Waals surface area contributed by atoms with Gasteiger partial charge in [-0.25, -0.2) is 0 Å². The SMILES string of the molecule is CC(C)COCC1CCC(C(=O)NCCOCC2CCCC(COCCOC(C)C)C2)CC1. The van der Waals surface area contributed by atoms with Crippen LogP contribution in [0.5, 0.6) is 0 Å². The molecule has 0 bridgehead atoms. The highest BCUT2D eigenvalue weighted by Gasteiger charge is 2.26. The van der Waals surface area contributed by atoms with E-state index in [-0.39, 0.29) is 17.9 Å². The van der Waals surface area contributed by atoms with Crippen LogP contribution in [0, 0.1) is 29.6 Å². The second kappa shape index (κ2) is 16.9. The van der Waals surface area contributed by atoms with Crippen molar-refractivity contribution in [2.24, 2.45) is 29.6 Å². The number of nitrogens with one attached hydrogen (secondary N) is 1. The van der Waals surface area contributed by atoms with E-state index >= 15 is 0 Å². The molecule has 2 fully saturated rings. The molecule has 2 aliphatic rings. The van der Waals surface area contributed by atoms with Gasteiger partial charge < -0.3 is 24.3 Å². The maximum atomic E-state index is 12.5. The van der Waals surface area contributed by atoms with E-state index in [0.29, 0.717) is 50.0 Å². The van der Waals surface area contributed by atoms with Gasteiger partial charge in [0.05, 0.1) is 25.9 Å². The highest BCUT2D eigenvalue weighted by molar-refractivity contribution is 5.78. The van der Waals surface area contributed by atoms with Gasteiger partial charge in [0.2, 0.25) is 5.91 Å². The Bertz CT molecular complexity index is 505. The van der Waals surface area contributed by atoms with Crippen molar-refractivity contribution in [3.63, 3.8) is 0 Å². The molecule has 6 heteroatoms. The van der Waals surface area contributed by atoms with Crippen molar-refractivity contribution in [1.29, 1.82) is 0 Å². The van der Waals surface area contributed by atoms with E-state index in [4.69, 9.17) is 18.9 Å². The molecule has 2 saturated carbocycles. The Hall–Kier alpha value is -0.690. The Morgan fingerprint density at radius 1 is 0.788 bits per heavy atom. The van der Waals surface area contributed by atoms with Crippen LogP contribution >= 0.6 is 0 Å². The van der Waals surface area contributed by atoms with Gasteiger partial charge in [-0.05, 0) is 82.5 Å². The zero-order valence-corrected chi connectivity index (χ0v) is 21.8. The van der Waals surface area contributed by atoms with Gasteiger partial charge in [-0.2, -0.15) is 0 Å². The summed E-state index contributed by atoms with van der Waals surface area (Å²) in [4.78, 5) is 12.5. The molecule has 2 atom stereocenters. The van der Waals surface area contributed by atoms with Gasteiger partial charge in [0, 0.05) is 38.9 Å². The number of carbonyl (C=O) groups is 1. The normalized spacial score (nSPS) is 26.1. The summed E-state index contributed by atoms with van der Waals surface area (Å²) >= 11 is 0. The first-order valence-corrected chi connectivity index (χ1v) is 13.6. The van der Waals surface area contributed by atoms with Crippen molar-refractivity contribution in [2.75, 3.05) is 52.8 Å². The van der Waals surface area contributed by atoms with Gasteiger partial charge in [-0.1, -0.05) is 20.3 Å². The quantitative estimate of drug-likeness (QED) is 0.328. The Balaban J connectivity index is 1.47. The van der Waals surface area contributed by atoms with Crippen molar-refractivity contribution >= 4 is 5.91 Å². The maximum absolute atomic E-state index is 12.5. The Labute approximate surface area is 202 Å².